The third-order valence-corrected chi connectivity index (χ3v) is 4.30. The van der Waals surface area contributed by atoms with E-state index in [1.54, 1.807) is 0 Å². The molecule has 2 aliphatic rings. The second kappa shape index (κ2) is 3.74. The van der Waals surface area contributed by atoms with E-state index in [0.29, 0.717) is 18.0 Å². The maximum atomic E-state index is 6.18. The minimum absolute atomic E-state index is 0.0633. The zero-order valence-electron chi connectivity index (χ0n) is 10.9. The fourth-order valence-electron chi connectivity index (χ4n) is 3.35. The van der Waals surface area contributed by atoms with Crippen LogP contribution in [0.2, 0.25) is 0 Å². The fourth-order valence-corrected chi connectivity index (χ4v) is 3.35. The Hall–Kier alpha value is -1.02. The van der Waals surface area contributed by atoms with Gasteiger partial charge in [0, 0.05) is 23.6 Å². The van der Waals surface area contributed by atoms with Crippen LogP contribution in [0.25, 0.3) is 0 Å². The molecule has 0 saturated carbocycles. The minimum Gasteiger partial charge on any atom is -0.487 e. The minimum atomic E-state index is -0.0633. The Morgan fingerprint density at radius 1 is 1.24 bits per heavy atom. The van der Waals surface area contributed by atoms with Gasteiger partial charge in [-0.1, -0.05) is 18.2 Å². The van der Waals surface area contributed by atoms with Gasteiger partial charge in [0.15, 0.2) is 0 Å². The largest absolute Gasteiger partial charge is 0.487 e. The van der Waals surface area contributed by atoms with Crippen molar-refractivity contribution in [3.8, 4) is 5.75 Å². The van der Waals surface area contributed by atoms with Gasteiger partial charge >= 0.3 is 0 Å². The maximum Gasteiger partial charge on any atom is 0.124 e. The van der Waals surface area contributed by atoms with Crippen LogP contribution in [0.15, 0.2) is 24.3 Å². The number of ether oxygens (including phenoxy) is 1. The predicted molar refractivity (Wildman–Crippen MR) is 69.2 cm³/mol. The highest BCUT2D eigenvalue weighted by atomic mass is 16.5. The molecule has 1 aromatic rings. The van der Waals surface area contributed by atoms with Crippen molar-refractivity contribution in [3.63, 3.8) is 0 Å². The first-order valence-electron chi connectivity index (χ1n) is 6.62. The predicted octanol–water partition coefficient (Wildman–Crippen LogP) is 3.29. The first kappa shape index (κ1) is 11.1. The Bertz CT molecular complexity index is 427. The molecule has 2 heteroatoms. The molecule has 2 heterocycles. The van der Waals surface area contributed by atoms with Crippen molar-refractivity contribution in [1.82, 2.24) is 5.32 Å². The molecule has 17 heavy (non-hydrogen) atoms. The molecule has 92 valence electrons. The molecule has 0 aliphatic carbocycles. The highest BCUT2D eigenvalue weighted by molar-refractivity contribution is 5.40. The van der Waals surface area contributed by atoms with E-state index in [0.717, 1.165) is 5.75 Å². The zero-order chi connectivity index (χ0) is 12.0. The van der Waals surface area contributed by atoms with Crippen molar-refractivity contribution in [2.24, 2.45) is 5.92 Å². The molecule has 1 saturated heterocycles. The summed E-state index contributed by atoms with van der Waals surface area (Å²) in [6, 6.07) is 9.53. The Morgan fingerprint density at radius 3 is 2.82 bits per heavy atom. The Labute approximate surface area is 103 Å². The van der Waals surface area contributed by atoms with E-state index in [1.807, 2.05) is 0 Å². The molecule has 0 spiro atoms. The summed E-state index contributed by atoms with van der Waals surface area (Å²) in [5.74, 6) is 1.63. The molecule has 0 bridgehead atoms. The topological polar surface area (TPSA) is 21.3 Å². The van der Waals surface area contributed by atoms with E-state index in [1.165, 1.54) is 18.4 Å². The van der Waals surface area contributed by atoms with Gasteiger partial charge in [-0.3, -0.25) is 0 Å². The van der Waals surface area contributed by atoms with Gasteiger partial charge in [0.1, 0.15) is 11.4 Å². The van der Waals surface area contributed by atoms with E-state index in [-0.39, 0.29) is 5.60 Å². The Morgan fingerprint density at radius 2 is 2.00 bits per heavy atom. The monoisotopic (exact) mass is 231 g/mol. The van der Waals surface area contributed by atoms with E-state index in [4.69, 9.17) is 4.74 Å². The summed E-state index contributed by atoms with van der Waals surface area (Å²) in [5, 5.41) is 3.75. The van der Waals surface area contributed by atoms with Gasteiger partial charge < -0.3 is 10.1 Å². The zero-order valence-corrected chi connectivity index (χ0v) is 10.9. The van der Waals surface area contributed by atoms with Crippen molar-refractivity contribution >= 4 is 0 Å². The average Bonchev–Trinajstić information content (AvgIpc) is 2.28. The van der Waals surface area contributed by atoms with Crippen LogP contribution >= 0.6 is 0 Å². The van der Waals surface area contributed by atoms with Crippen LogP contribution in [0.5, 0.6) is 5.75 Å². The Kier molecular flexibility index (Phi) is 2.44. The van der Waals surface area contributed by atoms with Gasteiger partial charge in [-0.25, -0.2) is 0 Å². The number of nitrogens with one attached hydrogen (secondary N) is 1. The molecule has 0 radical (unpaired) electrons. The summed E-state index contributed by atoms with van der Waals surface area (Å²) < 4.78 is 6.18. The number of hydrogen-bond acceptors (Lipinski definition) is 2. The van der Waals surface area contributed by atoms with Crippen molar-refractivity contribution in [2.45, 2.75) is 51.3 Å². The summed E-state index contributed by atoms with van der Waals surface area (Å²) >= 11 is 0. The van der Waals surface area contributed by atoms with Gasteiger partial charge in [-0.15, -0.1) is 0 Å². The van der Waals surface area contributed by atoms with Crippen molar-refractivity contribution in [2.75, 3.05) is 0 Å². The molecule has 3 rings (SSSR count). The van der Waals surface area contributed by atoms with Gasteiger partial charge in [0.2, 0.25) is 0 Å². The second-order valence-corrected chi connectivity index (χ2v) is 5.97. The van der Waals surface area contributed by atoms with Crippen LogP contribution in [0.4, 0.5) is 0 Å². The van der Waals surface area contributed by atoms with Crippen LogP contribution < -0.4 is 10.1 Å². The molecule has 2 nitrogen and oxygen atoms in total. The molecule has 0 amide bonds. The third kappa shape index (κ3) is 1.75. The molecule has 1 aromatic carbocycles. The van der Waals surface area contributed by atoms with Crippen LogP contribution in [-0.4, -0.2) is 11.6 Å². The second-order valence-electron chi connectivity index (χ2n) is 5.97. The third-order valence-electron chi connectivity index (χ3n) is 4.30. The lowest BCUT2D eigenvalue weighted by atomic mass is 9.73. The average molecular weight is 231 g/mol. The van der Waals surface area contributed by atoms with Crippen molar-refractivity contribution in [3.05, 3.63) is 29.8 Å². The maximum absolute atomic E-state index is 6.18. The Balaban J connectivity index is 2.05. The number of fused-ring (bicyclic) bond motifs is 3. The summed E-state index contributed by atoms with van der Waals surface area (Å²) in [6.45, 7) is 6.72. The first-order valence-corrected chi connectivity index (χ1v) is 6.62. The number of rotatable bonds is 0. The van der Waals surface area contributed by atoms with E-state index < -0.39 is 0 Å². The first-order chi connectivity index (χ1) is 8.08. The van der Waals surface area contributed by atoms with E-state index >= 15 is 0 Å². The molecule has 1 fully saturated rings. The van der Waals surface area contributed by atoms with E-state index in [2.05, 4.69) is 50.4 Å². The highest BCUT2D eigenvalue weighted by Gasteiger charge is 2.45. The molecular weight excluding hydrogens is 210 g/mol. The number of benzene rings is 1. The number of piperidine rings is 1. The molecule has 0 aromatic heterocycles. The summed E-state index contributed by atoms with van der Waals surface area (Å²) in [5.41, 5.74) is 1.27. The molecular formula is C15H21NO. The van der Waals surface area contributed by atoms with Crippen LogP contribution in [0, 0.1) is 5.92 Å². The highest BCUT2D eigenvalue weighted by Crippen LogP contribution is 2.47. The van der Waals surface area contributed by atoms with Gasteiger partial charge in [0.05, 0.1) is 0 Å². The lowest BCUT2D eigenvalue weighted by Crippen LogP contribution is -2.53. The van der Waals surface area contributed by atoms with Gasteiger partial charge in [0.25, 0.3) is 0 Å². The lowest BCUT2D eigenvalue weighted by molar-refractivity contribution is -0.0174. The molecule has 2 aliphatic heterocycles. The quantitative estimate of drug-likeness (QED) is 0.740. The van der Waals surface area contributed by atoms with Crippen LogP contribution in [0.1, 0.15) is 45.2 Å². The number of hydrogen-bond donors (Lipinski definition) is 1. The van der Waals surface area contributed by atoms with Gasteiger partial charge in [-0.2, -0.15) is 0 Å². The standard InChI is InChI=1S/C15H21NO/c1-10-8-9-12-14(16-10)11-6-4-5-7-13(11)17-15(12,2)3/h4-7,10,12,14,16H,8-9H2,1-3H3/t10-,12-,14-/m0/s1. The van der Waals surface area contributed by atoms with Crippen LogP contribution in [-0.2, 0) is 0 Å². The fraction of sp³-hybridized carbons (Fsp3) is 0.600. The van der Waals surface area contributed by atoms with Gasteiger partial charge in [-0.05, 0) is 39.7 Å². The SMILES string of the molecule is C[C@H]1CC[C@H]2[C@@H](N1)c1ccccc1OC2(C)C. The van der Waals surface area contributed by atoms with Crippen molar-refractivity contribution in [1.29, 1.82) is 0 Å². The normalized spacial score (nSPS) is 34.4. The molecule has 1 N–H and O–H groups in total. The smallest absolute Gasteiger partial charge is 0.124 e. The summed E-state index contributed by atoms with van der Waals surface area (Å²) in [4.78, 5) is 0. The lowest BCUT2D eigenvalue weighted by Gasteiger charge is -2.49. The number of para-hydroxylation sites is 1. The van der Waals surface area contributed by atoms with Crippen molar-refractivity contribution < 1.29 is 4.74 Å². The summed E-state index contributed by atoms with van der Waals surface area (Å²) in [7, 11) is 0. The van der Waals surface area contributed by atoms with E-state index in [9.17, 15) is 0 Å². The molecule has 3 atom stereocenters. The van der Waals surface area contributed by atoms with Crippen LogP contribution in [0.3, 0.4) is 0 Å². The molecule has 0 unspecified atom stereocenters. The summed E-state index contributed by atoms with van der Waals surface area (Å²) in [6.07, 6.45) is 2.50.